The summed E-state index contributed by atoms with van der Waals surface area (Å²) in [6, 6.07) is 22.2. The Kier molecular flexibility index (Phi) is 11.1. The standard InChI is InChI=1S/C51H58N8O8S/c1-31(2)37-7-4-5-8-38(37)41-9-6-20-57(41)35-24-51(25-35)29-56(30-51)34-10-12-39(42(22-34)58-44-21-33-16-19-52-47(33)54-49(44)67-46-28-66-27-45(46)58)48(60)55-68(64,65)36-11-13-40(43(23-36)59(62)63)53-26-32-14-17-50(3,61)18-15-32/h4-5,7-8,10-13,16,19,21-23,32,35,41,45-46,53,61H,1,6,9,14-15,17-18,20,24-30H2,2-3H3,(H,52,54)(H,55,60)/t32?,41-,45-,46-,50?/m0/s1. The van der Waals surface area contributed by atoms with Crippen LogP contribution in [0.4, 0.5) is 28.4 Å². The first-order valence-electron chi connectivity index (χ1n) is 23.9. The Hall–Kier alpha value is -6.01. The number of ether oxygens (including phenoxy) is 2. The van der Waals surface area contributed by atoms with Crippen LogP contribution in [-0.4, -0.2) is 102 Å². The summed E-state index contributed by atoms with van der Waals surface area (Å²) in [4.78, 5) is 40.8. The van der Waals surface area contributed by atoms with Gasteiger partial charge in [-0.2, -0.15) is 4.98 Å². The van der Waals surface area contributed by atoms with Crippen LogP contribution in [0.2, 0.25) is 0 Å². The van der Waals surface area contributed by atoms with Crippen molar-refractivity contribution in [3.63, 3.8) is 0 Å². The van der Waals surface area contributed by atoms with E-state index in [1.165, 1.54) is 29.7 Å². The molecule has 2 aromatic heterocycles. The second-order valence-electron chi connectivity index (χ2n) is 20.4. The first-order chi connectivity index (χ1) is 32.6. The largest absolute Gasteiger partial charge is 0.468 e. The predicted octanol–water partition coefficient (Wildman–Crippen LogP) is 8.08. The predicted molar refractivity (Wildman–Crippen MR) is 260 cm³/mol. The maximum Gasteiger partial charge on any atom is 0.293 e. The van der Waals surface area contributed by atoms with Crippen LogP contribution in [-0.2, 0) is 14.8 Å². The zero-order valence-electron chi connectivity index (χ0n) is 38.4. The van der Waals surface area contributed by atoms with Crippen LogP contribution in [0.3, 0.4) is 0 Å². The van der Waals surface area contributed by atoms with Crippen LogP contribution < -0.4 is 24.6 Å². The van der Waals surface area contributed by atoms with E-state index in [1.54, 1.807) is 12.3 Å². The number of allylic oxidation sites excluding steroid dienone is 1. The molecule has 3 saturated heterocycles. The summed E-state index contributed by atoms with van der Waals surface area (Å²) in [5.41, 5.74) is 5.66. The number of nitro benzene ring substituents is 1. The Balaban J connectivity index is 0.866. The van der Waals surface area contributed by atoms with Crippen molar-refractivity contribution in [2.75, 3.05) is 54.5 Å². The van der Waals surface area contributed by atoms with Gasteiger partial charge in [-0.25, -0.2) is 13.1 Å². The highest BCUT2D eigenvalue weighted by atomic mass is 32.2. The molecule has 0 bridgehead atoms. The molecule has 3 atom stereocenters. The average Bonchev–Trinajstić information content (AvgIpc) is 4.08. The van der Waals surface area contributed by atoms with Gasteiger partial charge in [0.2, 0.25) is 5.88 Å². The van der Waals surface area contributed by atoms with Crippen LogP contribution >= 0.6 is 0 Å². The number of pyridine rings is 1. The van der Waals surface area contributed by atoms with E-state index in [0.29, 0.717) is 67.6 Å². The van der Waals surface area contributed by atoms with E-state index in [1.807, 2.05) is 36.1 Å². The maximum absolute atomic E-state index is 14.6. The molecule has 4 aliphatic heterocycles. The monoisotopic (exact) mass is 942 g/mol. The number of sulfonamides is 1. The number of aliphatic hydroxyl groups is 1. The first-order valence-corrected chi connectivity index (χ1v) is 25.4. The highest BCUT2D eigenvalue weighted by Gasteiger charge is 2.55. The number of fused-ring (bicyclic) bond motifs is 3. The molecule has 6 aliphatic rings. The van der Waals surface area contributed by atoms with Crippen LogP contribution in [0.1, 0.15) is 92.7 Å². The van der Waals surface area contributed by atoms with Crippen LogP contribution in [0.15, 0.2) is 90.5 Å². The minimum atomic E-state index is -4.61. The Morgan fingerprint density at radius 1 is 1.01 bits per heavy atom. The molecule has 5 aromatic rings. The van der Waals surface area contributed by atoms with Gasteiger partial charge in [0.15, 0.2) is 0 Å². The molecular formula is C51H58N8O8S. The number of nitrogens with one attached hydrogen (secondary N) is 3. The van der Waals surface area contributed by atoms with E-state index in [4.69, 9.17) is 14.5 Å². The summed E-state index contributed by atoms with van der Waals surface area (Å²) in [7, 11) is -4.61. The molecule has 356 valence electrons. The van der Waals surface area contributed by atoms with Gasteiger partial charge >= 0.3 is 0 Å². The molecule has 0 radical (unpaired) electrons. The molecular weight excluding hydrogens is 885 g/mol. The molecule has 2 saturated carbocycles. The summed E-state index contributed by atoms with van der Waals surface area (Å²) in [5, 5.41) is 26.6. The minimum Gasteiger partial charge on any atom is -0.468 e. The normalized spacial score (nSPS) is 25.6. The summed E-state index contributed by atoms with van der Waals surface area (Å²) < 4.78 is 42.8. The second-order valence-corrected chi connectivity index (χ2v) is 22.1. The fourth-order valence-electron chi connectivity index (χ4n) is 11.9. The Bertz CT molecular complexity index is 2930. The fraction of sp³-hybridized carbons (Fsp3) is 0.451. The molecule has 3 aromatic carbocycles. The lowest BCUT2D eigenvalue weighted by Crippen LogP contribution is -2.66. The van der Waals surface area contributed by atoms with Crippen molar-refractivity contribution in [2.24, 2.45) is 11.3 Å². The zero-order chi connectivity index (χ0) is 47.1. The molecule has 1 amide bonds. The van der Waals surface area contributed by atoms with Gasteiger partial charge < -0.3 is 34.7 Å². The molecule has 2 aliphatic carbocycles. The Morgan fingerprint density at radius 3 is 2.59 bits per heavy atom. The molecule has 6 heterocycles. The van der Waals surface area contributed by atoms with E-state index in [9.17, 15) is 28.4 Å². The first kappa shape index (κ1) is 44.5. The topological polar surface area (TPSA) is 196 Å². The van der Waals surface area contributed by atoms with E-state index in [-0.39, 0.29) is 28.6 Å². The third kappa shape index (κ3) is 8.05. The van der Waals surface area contributed by atoms with Crippen molar-refractivity contribution in [2.45, 2.75) is 99.9 Å². The maximum atomic E-state index is 14.6. The number of hydrogen-bond donors (Lipinski definition) is 4. The van der Waals surface area contributed by atoms with Gasteiger partial charge in [-0.05, 0) is 131 Å². The summed E-state index contributed by atoms with van der Waals surface area (Å²) in [5.74, 6) is -0.328. The van der Waals surface area contributed by atoms with Crippen molar-refractivity contribution in [3.05, 3.63) is 112 Å². The van der Waals surface area contributed by atoms with Crippen LogP contribution in [0, 0.1) is 21.4 Å². The van der Waals surface area contributed by atoms with Crippen molar-refractivity contribution in [3.8, 4) is 5.88 Å². The Labute approximate surface area is 395 Å². The number of benzene rings is 3. The lowest BCUT2D eigenvalue weighted by Gasteiger charge is -2.62. The number of H-pyrrole nitrogens is 1. The molecule has 16 nitrogen and oxygen atoms in total. The van der Waals surface area contributed by atoms with Gasteiger partial charge in [-0.1, -0.05) is 36.4 Å². The number of aromatic nitrogens is 2. The Morgan fingerprint density at radius 2 is 1.81 bits per heavy atom. The summed E-state index contributed by atoms with van der Waals surface area (Å²) in [6.45, 7) is 12.0. The number of carbonyl (C=O) groups is 1. The van der Waals surface area contributed by atoms with Gasteiger partial charge in [0.1, 0.15) is 23.1 Å². The molecule has 17 heteroatoms. The van der Waals surface area contributed by atoms with Crippen molar-refractivity contribution in [1.82, 2.24) is 19.6 Å². The van der Waals surface area contributed by atoms with Gasteiger partial charge in [-0.15, -0.1) is 0 Å². The second kappa shape index (κ2) is 16.9. The number of likely N-dealkylation sites (tertiary alicyclic amines) is 1. The fourth-order valence-corrected chi connectivity index (χ4v) is 12.9. The number of rotatable bonds is 12. The van der Waals surface area contributed by atoms with E-state index >= 15 is 0 Å². The minimum absolute atomic E-state index is 0.0956. The highest BCUT2D eigenvalue weighted by molar-refractivity contribution is 7.90. The SMILES string of the molecule is C=C(C)c1ccccc1[C@@H]1CCCN1C1CC2(C1)CN(c1ccc(C(=O)NS(=O)(=O)c3ccc(NCC4CCC(C)(O)CC4)c([N+](=O)[O-])c3)c(N3c4cc5cc[nH]c5nc4O[C@H]4COC[C@@H]43)c1)C2. The molecule has 5 fully saturated rings. The number of amides is 1. The van der Waals surface area contributed by atoms with Gasteiger partial charge in [-0.3, -0.25) is 19.8 Å². The number of hydrogen-bond acceptors (Lipinski definition) is 13. The third-order valence-corrected chi connectivity index (χ3v) is 16.9. The molecule has 68 heavy (non-hydrogen) atoms. The molecule has 4 N–H and O–H groups in total. The van der Waals surface area contributed by atoms with Crippen LogP contribution in [0.5, 0.6) is 5.88 Å². The molecule has 0 unspecified atom stereocenters. The molecule has 1 spiro atoms. The van der Waals surface area contributed by atoms with Crippen molar-refractivity contribution in [1.29, 1.82) is 0 Å². The lowest BCUT2D eigenvalue weighted by atomic mass is 9.60. The van der Waals surface area contributed by atoms with Gasteiger partial charge in [0.05, 0.1) is 45.9 Å². The number of nitro groups is 1. The smallest absolute Gasteiger partial charge is 0.293 e. The number of nitrogens with zero attached hydrogens (tertiary/aromatic N) is 5. The number of anilines is 4. The number of aromatic amines is 1. The quantitative estimate of drug-likeness (QED) is 0.0693. The van der Waals surface area contributed by atoms with Crippen molar-refractivity contribution < 1.29 is 32.7 Å². The van der Waals surface area contributed by atoms with Crippen molar-refractivity contribution >= 4 is 61.0 Å². The summed E-state index contributed by atoms with van der Waals surface area (Å²) in [6.07, 6.45) is 8.71. The molecule has 11 rings (SSSR count). The van der Waals surface area contributed by atoms with E-state index < -0.39 is 43.1 Å². The van der Waals surface area contributed by atoms with E-state index in [0.717, 1.165) is 74.5 Å². The summed E-state index contributed by atoms with van der Waals surface area (Å²) >= 11 is 0. The highest BCUT2D eigenvalue weighted by Crippen LogP contribution is 2.55. The number of carbonyl (C=O) groups excluding carboxylic acids is 1. The van der Waals surface area contributed by atoms with Crippen LogP contribution in [0.25, 0.3) is 16.6 Å². The zero-order valence-corrected chi connectivity index (χ0v) is 39.3. The average molecular weight is 943 g/mol. The third-order valence-electron chi connectivity index (χ3n) is 15.6. The lowest BCUT2D eigenvalue weighted by molar-refractivity contribution is -0.384. The van der Waals surface area contributed by atoms with E-state index in [2.05, 4.69) is 62.6 Å². The van der Waals surface area contributed by atoms with Gasteiger partial charge in [0.25, 0.3) is 21.6 Å². The van der Waals surface area contributed by atoms with Gasteiger partial charge in [0, 0.05) is 60.5 Å².